The number of nitrogens with two attached hydrogens (primary N) is 1. The van der Waals surface area contributed by atoms with E-state index in [4.69, 9.17) is 5.73 Å². The molecule has 2 aliphatic rings. The van der Waals surface area contributed by atoms with E-state index in [1.54, 1.807) is 4.90 Å². The van der Waals surface area contributed by atoms with Gasteiger partial charge < -0.3 is 25.7 Å². The SMILES string of the molecule is Nc1cc(OC(F)(F)F)ccc1C(=O)N1CCC(c2c(F)cnc3[nH]c4c(c23)CC(=O)NCC4)CC1. The average molecular weight is 505 g/mol. The number of fused-ring (bicyclic) bond motifs is 3. The summed E-state index contributed by atoms with van der Waals surface area (Å²) in [6.07, 6.45) is -2.03. The molecule has 2 amide bonds. The van der Waals surface area contributed by atoms with Gasteiger partial charge in [-0.05, 0) is 36.5 Å². The lowest BCUT2D eigenvalue weighted by atomic mass is 9.86. The number of nitrogen functional groups attached to an aromatic ring is 1. The van der Waals surface area contributed by atoms with Gasteiger partial charge in [-0.3, -0.25) is 9.59 Å². The summed E-state index contributed by atoms with van der Waals surface area (Å²) < 4.78 is 56.3. The monoisotopic (exact) mass is 505 g/mol. The number of rotatable bonds is 3. The zero-order valence-corrected chi connectivity index (χ0v) is 19.0. The number of pyridine rings is 1. The Balaban J connectivity index is 1.36. The topological polar surface area (TPSA) is 113 Å². The molecule has 0 spiro atoms. The number of aromatic amines is 1. The highest BCUT2D eigenvalue weighted by Gasteiger charge is 2.33. The van der Waals surface area contributed by atoms with Crippen LogP contribution in [0.1, 0.15) is 45.9 Å². The summed E-state index contributed by atoms with van der Waals surface area (Å²) >= 11 is 0. The highest BCUT2D eigenvalue weighted by Crippen LogP contribution is 2.38. The van der Waals surface area contributed by atoms with Crippen LogP contribution >= 0.6 is 0 Å². The molecule has 0 aliphatic carbocycles. The fraction of sp³-hybridized carbons (Fsp3) is 0.375. The van der Waals surface area contributed by atoms with Gasteiger partial charge in [0.25, 0.3) is 5.91 Å². The minimum atomic E-state index is -4.87. The van der Waals surface area contributed by atoms with Crippen molar-refractivity contribution >= 4 is 28.5 Å². The van der Waals surface area contributed by atoms with Crippen molar-refractivity contribution in [2.45, 2.75) is 38.0 Å². The number of hydrogen-bond donors (Lipinski definition) is 3. The fourth-order valence-corrected chi connectivity index (χ4v) is 5.10. The fourth-order valence-electron chi connectivity index (χ4n) is 5.10. The van der Waals surface area contributed by atoms with Crippen LogP contribution in [-0.4, -0.2) is 52.7 Å². The largest absolute Gasteiger partial charge is 0.573 e. The van der Waals surface area contributed by atoms with Gasteiger partial charge in [0.2, 0.25) is 5.91 Å². The van der Waals surface area contributed by atoms with Gasteiger partial charge in [0.05, 0.1) is 18.2 Å². The Labute approximate surface area is 202 Å². The van der Waals surface area contributed by atoms with Crippen molar-refractivity contribution in [1.82, 2.24) is 20.2 Å². The van der Waals surface area contributed by atoms with Gasteiger partial charge in [-0.2, -0.15) is 0 Å². The molecule has 4 heterocycles. The van der Waals surface area contributed by atoms with Crippen molar-refractivity contribution in [2.24, 2.45) is 0 Å². The predicted octanol–water partition coefficient (Wildman–Crippen LogP) is 3.42. The molecule has 0 unspecified atom stereocenters. The number of carbonyl (C=O) groups excluding carboxylic acids is 2. The van der Waals surface area contributed by atoms with E-state index < -0.39 is 23.8 Å². The minimum Gasteiger partial charge on any atom is -0.406 e. The number of piperidine rings is 1. The summed E-state index contributed by atoms with van der Waals surface area (Å²) in [5, 5.41) is 3.45. The summed E-state index contributed by atoms with van der Waals surface area (Å²) in [7, 11) is 0. The van der Waals surface area contributed by atoms with E-state index in [0.717, 1.165) is 23.4 Å². The summed E-state index contributed by atoms with van der Waals surface area (Å²) in [6, 6.07) is 3.21. The molecule has 0 atom stereocenters. The summed E-state index contributed by atoms with van der Waals surface area (Å²) in [6.45, 7) is 1.10. The molecular formula is C24H23F4N5O3. The number of ether oxygens (including phenoxy) is 1. The number of carbonyl (C=O) groups is 2. The van der Waals surface area contributed by atoms with Gasteiger partial charge in [0.1, 0.15) is 17.2 Å². The third kappa shape index (κ3) is 4.54. The molecule has 2 aliphatic heterocycles. The Morgan fingerprint density at radius 1 is 1.22 bits per heavy atom. The van der Waals surface area contributed by atoms with Gasteiger partial charge in [-0.25, -0.2) is 9.37 Å². The van der Waals surface area contributed by atoms with Crippen molar-refractivity contribution in [2.75, 3.05) is 25.4 Å². The lowest BCUT2D eigenvalue weighted by Gasteiger charge is -2.33. The molecule has 4 N–H and O–H groups in total. The first-order valence-corrected chi connectivity index (χ1v) is 11.5. The third-order valence-electron chi connectivity index (χ3n) is 6.72. The first-order valence-electron chi connectivity index (χ1n) is 11.5. The normalized spacial score (nSPS) is 17.0. The number of aromatic nitrogens is 2. The Morgan fingerprint density at radius 3 is 2.67 bits per heavy atom. The van der Waals surface area contributed by atoms with E-state index in [-0.39, 0.29) is 29.5 Å². The Kier molecular flexibility index (Phi) is 5.97. The van der Waals surface area contributed by atoms with Gasteiger partial charge in [0.15, 0.2) is 0 Å². The van der Waals surface area contributed by atoms with E-state index in [2.05, 4.69) is 20.0 Å². The van der Waals surface area contributed by atoms with Crippen molar-refractivity contribution in [3.63, 3.8) is 0 Å². The van der Waals surface area contributed by atoms with Gasteiger partial charge in [0, 0.05) is 54.5 Å². The van der Waals surface area contributed by atoms with Crippen LogP contribution < -0.4 is 15.8 Å². The first kappa shape index (κ1) is 23.9. The molecule has 3 aromatic rings. The molecule has 5 rings (SSSR count). The molecule has 0 radical (unpaired) electrons. The molecule has 36 heavy (non-hydrogen) atoms. The number of nitrogens with one attached hydrogen (secondary N) is 2. The first-order chi connectivity index (χ1) is 17.1. The minimum absolute atomic E-state index is 0.0717. The summed E-state index contributed by atoms with van der Waals surface area (Å²) in [5.74, 6) is -1.72. The molecule has 1 saturated heterocycles. The maximum absolute atomic E-state index is 15.1. The quantitative estimate of drug-likeness (QED) is 0.373. The Morgan fingerprint density at radius 2 is 1.97 bits per heavy atom. The summed E-state index contributed by atoms with van der Waals surface area (Å²) in [4.78, 5) is 34.2. The standard InChI is InChI=1S/C24H23F4N5O3/c25-16-11-31-22-21(15-10-19(34)30-6-3-18(15)32-22)20(16)12-4-7-33(8-5-12)23(35)14-2-1-13(9-17(14)29)36-24(26,27)28/h1-2,9,11-12H,3-8,10,29H2,(H,30,34)(H,31,32). The lowest BCUT2D eigenvalue weighted by Crippen LogP contribution is -2.38. The van der Waals surface area contributed by atoms with Crippen LogP contribution in [0.2, 0.25) is 0 Å². The number of nitrogens with zero attached hydrogens (tertiary/aromatic N) is 2. The van der Waals surface area contributed by atoms with Gasteiger partial charge in [-0.1, -0.05) is 0 Å². The van der Waals surface area contributed by atoms with Crippen LogP contribution in [0.3, 0.4) is 0 Å². The number of likely N-dealkylation sites (tertiary alicyclic amines) is 1. The number of H-pyrrole nitrogens is 1. The van der Waals surface area contributed by atoms with Crippen LogP contribution in [0.15, 0.2) is 24.4 Å². The van der Waals surface area contributed by atoms with E-state index in [9.17, 15) is 22.8 Å². The Bertz CT molecular complexity index is 1350. The van der Waals surface area contributed by atoms with Crippen LogP contribution in [0.4, 0.5) is 23.2 Å². The average Bonchev–Trinajstić information content (AvgIpc) is 3.03. The van der Waals surface area contributed by atoms with Crippen LogP contribution in [0.5, 0.6) is 5.75 Å². The highest BCUT2D eigenvalue weighted by molar-refractivity contribution is 5.99. The van der Waals surface area contributed by atoms with Gasteiger partial charge in [-0.15, -0.1) is 13.2 Å². The molecule has 0 bridgehead atoms. The number of hydrogen-bond acceptors (Lipinski definition) is 5. The maximum atomic E-state index is 15.1. The van der Waals surface area contributed by atoms with E-state index in [0.29, 0.717) is 55.5 Å². The predicted molar refractivity (Wildman–Crippen MR) is 122 cm³/mol. The van der Waals surface area contributed by atoms with Crippen LogP contribution in [-0.2, 0) is 17.6 Å². The zero-order chi connectivity index (χ0) is 25.6. The molecule has 12 heteroatoms. The second-order valence-corrected chi connectivity index (χ2v) is 8.97. The number of anilines is 1. The molecule has 0 saturated carbocycles. The Hall–Kier alpha value is -3.83. The molecule has 1 aromatic carbocycles. The van der Waals surface area contributed by atoms with Crippen LogP contribution in [0, 0.1) is 5.82 Å². The van der Waals surface area contributed by atoms with Crippen molar-refractivity contribution in [3.05, 3.63) is 52.6 Å². The number of alkyl halides is 3. The molecule has 1 fully saturated rings. The maximum Gasteiger partial charge on any atom is 0.573 e. The number of amides is 2. The van der Waals surface area contributed by atoms with Crippen LogP contribution in [0.25, 0.3) is 11.0 Å². The highest BCUT2D eigenvalue weighted by atomic mass is 19.4. The molecule has 2 aromatic heterocycles. The second-order valence-electron chi connectivity index (χ2n) is 8.97. The smallest absolute Gasteiger partial charge is 0.406 e. The molecular weight excluding hydrogens is 482 g/mol. The van der Waals surface area contributed by atoms with Crippen molar-refractivity contribution in [1.29, 1.82) is 0 Å². The molecule has 190 valence electrons. The van der Waals surface area contributed by atoms with Crippen molar-refractivity contribution in [3.8, 4) is 5.75 Å². The van der Waals surface area contributed by atoms with Gasteiger partial charge >= 0.3 is 6.36 Å². The number of halogens is 4. The summed E-state index contributed by atoms with van der Waals surface area (Å²) in [5.41, 5.74) is 8.44. The molecule has 8 nitrogen and oxygen atoms in total. The zero-order valence-electron chi connectivity index (χ0n) is 19.0. The number of benzene rings is 1. The van der Waals surface area contributed by atoms with E-state index in [1.165, 1.54) is 12.3 Å². The van der Waals surface area contributed by atoms with E-state index >= 15 is 4.39 Å². The second kappa shape index (κ2) is 8.99. The van der Waals surface area contributed by atoms with Crippen molar-refractivity contribution < 1.29 is 31.9 Å². The lowest BCUT2D eigenvalue weighted by molar-refractivity contribution is -0.274. The van der Waals surface area contributed by atoms with E-state index in [1.807, 2.05) is 0 Å². The third-order valence-corrected chi connectivity index (χ3v) is 6.72.